The summed E-state index contributed by atoms with van der Waals surface area (Å²) in [5.41, 5.74) is 6.83. The molecule has 0 atom stereocenters. The molecule has 206 valence electrons. The highest BCUT2D eigenvalue weighted by molar-refractivity contribution is 7.25. The summed E-state index contributed by atoms with van der Waals surface area (Å²) < 4.78 is 15.2. The molecule has 10 rings (SSSR count). The number of para-hydroxylation sites is 2. The SMILES string of the molecule is c1cc(N(c2ccc3c(c2)oc2ccccc23)c2ccc3c(c2)sc2ccccc23)c2cc3c(cc2c1)oc1ccccc13. The highest BCUT2D eigenvalue weighted by Crippen LogP contribution is 2.45. The van der Waals surface area contributed by atoms with Gasteiger partial charge in [0.05, 0.1) is 5.69 Å². The molecule has 4 heteroatoms. The lowest BCUT2D eigenvalue weighted by Gasteiger charge is -2.27. The average molecular weight is 582 g/mol. The minimum Gasteiger partial charge on any atom is -0.456 e. The van der Waals surface area contributed by atoms with Crippen molar-refractivity contribution in [2.24, 2.45) is 0 Å². The average Bonchev–Trinajstić information content (AvgIpc) is 3.74. The molecule has 0 unspecified atom stereocenters. The maximum absolute atomic E-state index is 6.37. The first-order valence-corrected chi connectivity index (χ1v) is 15.6. The molecule has 3 heterocycles. The fraction of sp³-hybridized carbons (Fsp3) is 0. The molecule has 0 aliphatic rings. The van der Waals surface area contributed by atoms with E-state index in [4.69, 9.17) is 8.83 Å². The van der Waals surface area contributed by atoms with Crippen LogP contribution in [0.4, 0.5) is 17.1 Å². The van der Waals surface area contributed by atoms with Crippen molar-refractivity contribution in [1.29, 1.82) is 0 Å². The Bertz CT molecular complexity index is 2630. The van der Waals surface area contributed by atoms with Gasteiger partial charge in [0, 0.05) is 64.5 Å². The molecular formula is C40H23NO2S. The van der Waals surface area contributed by atoms with Crippen molar-refractivity contribution in [3.63, 3.8) is 0 Å². The topological polar surface area (TPSA) is 29.5 Å². The summed E-state index contributed by atoms with van der Waals surface area (Å²) in [5.74, 6) is 0. The second kappa shape index (κ2) is 8.96. The quantitative estimate of drug-likeness (QED) is 0.208. The second-order valence-corrected chi connectivity index (χ2v) is 12.4. The molecular weight excluding hydrogens is 559 g/mol. The zero-order valence-electron chi connectivity index (χ0n) is 23.5. The predicted octanol–water partition coefficient (Wildman–Crippen LogP) is 12.5. The van der Waals surface area contributed by atoms with Gasteiger partial charge in [0.25, 0.3) is 0 Å². The van der Waals surface area contributed by atoms with Crippen LogP contribution in [0.15, 0.2) is 148 Å². The van der Waals surface area contributed by atoms with Crippen LogP contribution in [0.5, 0.6) is 0 Å². The van der Waals surface area contributed by atoms with Crippen LogP contribution in [0, 0.1) is 0 Å². The molecule has 0 fully saturated rings. The van der Waals surface area contributed by atoms with Gasteiger partial charge in [0.15, 0.2) is 0 Å². The summed E-state index contributed by atoms with van der Waals surface area (Å²) in [6, 6.07) is 49.6. The molecule has 0 saturated carbocycles. The third-order valence-corrected chi connectivity index (χ3v) is 9.97. The Kier molecular flexibility index (Phi) is 4.87. The van der Waals surface area contributed by atoms with E-state index in [-0.39, 0.29) is 0 Å². The molecule has 0 amide bonds. The first kappa shape index (κ1) is 23.9. The minimum atomic E-state index is 0.875. The van der Waals surface area contributed by atoms with Crippen molar-refractivity contribution in [2.45, 2.75) is 0 Å². The number of benzene rings is 7. The molecule has 44 heavy (non-hydrogen) atoms. The van der Waals surface area contributed by atoms with Crippen LogP contribution in [0.2, 0.25) is 0 Å². The molecule has 3 nitrogen and oxygen atoms in total. The Balaban J connectivity index is 1.26. The number of furan rings is 2. The van der Waals surface area contributed by atoms with Crippen molar-refractivity contribution in [1.82, 2.24) is 0 Å². The number of hydrogen-bond acceptors (Lipinski definition) is 4. The predicted molar refractivity (Wildman–Crippen MR) is 186 cm³/mol. The molecule has 0 N–H and O–H groups in total. The number of fused-ring (bicyclic) bond motifs is 10. The zero-order chi connectivity index (χ0) is 28.8. The van der Waals surface area contributed by atoms with Gasteiger partial charge in [-0.2, -0.15) is 0 Å². The fourth-order valence-corrected chi connectivity index (χ4v) is 7.95. The molecule has 0 saturated heterocycles. The summed E-state index contributed by atoms with van der Waals surface area (Å²) in [6.07, 6.45) is 0. The highest BCUT2D eigenvalue weighted by atomic mass is 32.1. The number of rotatable bonds is 3. The first-order valence-electron chi connectivity index (χ1n) is 14.8. The van der Waals surface area contributed by atoms with Gasteiger partial charge in [-0.3, -0.25) is 0 Å². The van der Waals surface area contributed by atoms with Gasteiger partial charge in [-0.25, -0.2) is 0 Å². The highest BCUT2D eigenvalue weighted by Gasteiger charge is 2.20. The molecule has 0 bridgehead atoms. The monoisotopic (exact) mass is 581 g/mol. The van der Waals surface area contributed by atoms with Gasteiger partial charge in [-0.1, -0.05) is 72.8 Å². The van der Waals surface area contributed by atoms with E-state index in [0.717, 1.165) is 71.7 Å². The largest absolute Gasteiger partial charge is 0.456 e. The number of hydrogen-bond donors (Lipinski definition) is 0. The summed E-state index contributed by atoms with van der Waals surface area (Å²) in [6.45, 7) is 0. The van der Waals surface area contributed by atoms with Gasteiger partial charge < -0.3 is 13.7 Å². The van der Waals surface area contributed by atoms with Crippen LogP contribution in [-0.4, -0.2) is 0 Å². The summed E-state index contributed by atoms with van der Waals surface area (Å²) >= 11 is 1.84. The van der Waals surface area contributed by atoms with E-state index in [1.54, 1.807) is 0 Å². The van der Waals surface area contributed by atoms with Crippen molar-refractivity contribution >= 4 is 103 Å². The standard InChI is InChI=1S/C40H23NO2S/c1-4-13-35-27(9-1)29-18-16-25(21-38(29)43-35)41(26-17-19-31-30-11-3-6-15-39(30)44-40(31)22-26)34-12-7-8-24-20-37-33(23-32(24)34)28-10-2-5-14-36(28)42-37/h1-23H. The van der Waals surface area contributed by atoms with E-state index in [9.17, 15) is 0 Å². The molecule has 0 spiro atoms. The third kappa shape index (κ3) is 3.43. The second-order valence-electron chi connectivity index (χ2n) is 11.3. The van der Waals surface area contributed by atoms with E-state index in [0.29, 0.717) is 0 Å². The lowest BCUT2D eigenvalue weighted by molar-refractivity contribution is 0.669. The van der Waals surface area contributed by atoms with Crippen molar-refractivity contribution in [3.05, 3.63) is 140 Å². The van der Waals surface area contributed by atoms with E-state index in [1.165, 1.54) is 20.2 Å². The van der Waals surface area contributed by atoms with Crippen LogP contribution < -0.4 is 4.90 Å². The van der Waals surface area contributed by atoms with Gasteiger partial charge in [0.1, 0.15) is 22.3 Å². The Morgan fingerprint density at radius 1 is 0.386 bits per heavy atom. The normalized spacial score (nSPS) is 12.1. The lowest BCUT2D eigenvalue weighted by Crippen LogP contribution is -2.10. The number of nitrogens with zero attached hydrogens (tertiary/aromatic N) is 1. The molecule has 0 radical (unpaired) electrons. The third-order valence-electron chi connectivity index (χ3n) is 8.84. The van der Waals surface area contributed by atoms with E-state index < -0.39 is 0 Å². The van der Waals surface area contributed by atoms with Gasteiger partial charge in [-0.15, -0.1) is 11.3 Å². The zero-order valence-corrected chi connectivity index (χ0v) is 24.3. The van der Waals surface area contributed by atoms with Crippen LogP contribution >= 0.6 is 11.3 Å². The van der Waals surface area contributed by atoms with E-state index >= 15 is 0 Å². The molecule has 0 aliphatic heterocycles. The number of thiophene rings is 1. The van der Waals surface area contributed by atoms with Crippen LogP contribution in [0.3, 0.4) is 0 Å². The number of anilines is 3. The smallest absolute Gasteiger partial charge is 0.137 e. The molecule has 7 aromatic carbocycles. The molecule has 10 aromatic rings. The van der Waals surface area contributed by atoms with Gasteiger partial charge >= 0.3 is 0 Å². The maximum Gasteiger partial charge on any atom is 0.137 e. The Morgan fingerprint density at radius 3 is 1.82 bits per heavy atom. The van der Waals surface area contributed by atoms with Gasteiger partial charge in [0.2, 0.25) is 0 Å². The van der Waals surface area contributed by atoms with E-state index in [2.05, 4.69) is 120 Å². The van der Waals surface area contributed by atoms with Crippen molar-refractivity contribution < 1.29 is 8.83 Å². The van der Waals surface area contributed by atoms with E-state index in [1.807, 2.05) is 35.6 Å². The summed E-state index contributed by atoms with van der Waals surface area (Å²) in [4.78, 5) is 2.37. The van der Waals surface area contributed by atoms with Gasteiger partial charge in [-0.05, 0) is 66.0 Å². The Morgan fingerprint density at radius 2 is 1.00 bits per heavy atom. The summed E-state index contributed by atoms with van der Waals surface area (Å²) in [7, 11) is 0. The Labute approximate surface area is 255 Å². The van der Waals surface area contributed by atoms with Crippen LogP contribution in [0.25, 0.3) is 74.8 Å². The van der Waals surface area contributed by atoms with Crippen molar-refractivity contribution in [3.8, 4) is 0 Å². The van der Waals surface area contributed by atoms with Crippen LogP contribution in [-0.2, 0) is 0 Å². The Hall–Kier alpha value is -5.58. The maximum atomic E-state index is 6.37. The minimum absolute atomic E-state index is 0.875. The fourth-order valence-electron chi connectivity index (χ4n) is 6.81. The summed E-state index contributed by atoms with van der Waals surface area (Å²) in [5, 5.41) is 9.37. The van der Waals surface area contributed by atoms with Crippen molar-refractivity contribution in [2.75, 3.05) is 4.90 Å². The molecule has 0 aliphatic carbocycles. The molecule has 3 aromatic heterocycles. The lowest BCUT2D eigenvalue weighted by atomic mass is 10.0. The first-order chi connectivity index (χ1) is 21.8. The van der Waals surface area contributed by atoms with Crippen LogP contribution in [0.1, 0.15) is 0 Å².